The van der Waals surface area contributed by atoms with Gasteiger partial charge in [-0.1, -0.05) is 6.07 Å². The summed E-state index contributed by atoms with van der Waals surface area (Å²) in [4.78, 5) is 25.8. The lowest BCUT2D eigenvalue weighted by Gasteiger charge is -2.24. The minimum atomic E-state index is -0.526. The van der Waals surface area contributed by atoms with E-state index in [1.807, 2.05) is 27.7 Å². The number of carbonyl (C=O) groups excluding carboxylic acids is 2. The second-order valence-corrected chi connectivity index (χ2v) is 7.29. The van der Waals surface area contributed by atoms with E-state index in [9.17, 15) is 14.0 Å². The summed E-state index contributed by atoms with van der Waals surface area (Å²) in [6.45, 7) is 8.39. The number of amides is 2. The number of hydrogen-bond donors (Lipinski definition) is 1. The summed E-state index contributed by atoms with van der Waals surface area (Å²) in [7, 11) is 0. The number of halogens is 1. The highest BCUT2D eigenvalue weighted by Gasteiger charge is 2.30. The quantitative estimate of drug-likeness (QED) is 0.915. The zero-order chi connectivity index (χ0) is 17.9. The second kappa shape index (κ2) is 7.20. The number of nitrogens with one attached hydrogen (secondary N) is 1. The Balaban J connectivity index is 1.85. The van der Waals surface area contributed by atoms with Crippen molar-refractivity contribution in [3.63, 3.8) is 0 Å². The van der Waals surface area contributed by atoms with Crippen molar-refractivity contribution >= 4 is 17.7 Å². The van der Waals surface area contributed by atoms with Gasteiger partial charge in [-0.05, 0) is 57.7 Å². The van der Waals surface area contributed by atoms with Crippen molar-refractivity contribution in [2.45, 2.75) is 46.1 Å². The van der Waals surface area contributed by atoms with Crippen LogP contribution in [0.25, 0.3) is 0 Å². The van der Waals surface area contributed by atoms with E-state index >= 15 is 0 Å². The van der Waals surface area contributed by atoms with Crippen LogP contribution < -0.4 is 5.32 Å². The van der Waals surface area contributed by atoms with Crippen LogP contribution in [0.4, 0.5) is 14.9 Å². The number of benzene rings is 1. The van der Waals surface area contributed by atoms with Gasteiger partial charge < -0.3 is 15.0 Å². The molecule has 0 unspecified atom stereocenters. The molecule has 1 aliphatic heterocycles. The summed E-state index contributed by atoms with van der Waals surface area (Å²) in [5, 5.41) is 2.75. The van der Waals surface area contributed by atoms with Gasteiger partial charge in [0, 0.05) is 25.2 Å². The lowest BCUT2D eigenvalue weighted by molar-refractivity contribution is -0.117. The second-order valence-electron chi connectivity index (χ2n) is 7.29. The van der Waals surface area contributed by atoms with E-state index in [1.54, 1.807) is 11.0 Å². The lowest BCUT2D eigenvalue weighted by atomic mass is 10.0. The molecule has 2 amide bonds. The molecule has 0 aromatic heterocycles. The van der Waals surface area contributed by atoms with Crippen LogP contribution >= 0.6 is 0 Å². The van der Waals surface area contributed by atoms with Crippen molar-refractivity contribution in [2.75, 3.05) is 18.4 Å². The molecule has 1 aromatic rings. The molecule has 0 bridgehead atoms. The highest BCUT2D eigenvalue weighted by molar-refractivity contribution is 5.91. The third-order valence-electron chi connectivity index (χ3n) is 3.89. The molecule has 0 saturated carbocycles. The van der Waals surface area contributed by atoms with Crippen molar-refractivity contribution in [3.8, 4) is 0 Å². The molecule has 1 N–H and O–H groups in total. The predicted molar refractivity (Wildman–Crippen MR) is 90.3 cm³/mol. The first-order chi connectivity index (χ1) is 11.1. The third kappa shape index (κ3) is 5.22. The number of ether oxygens (including phenoxy) is 1. The van der Waals surface area contributed by atoms with Crippen molar-refractivity contribution in [1.29, 1.82) is 0 Å². The van der Waals surface area contributed by atoms with Gasteiger partial charge in [-0.15, -0.1) is 0 Å². The molecule has 1 aromatic carbocycles. The first-order valence-electron chi connectivity index (χ1n) is 8.18. The Labute approximate surface area is 142 Å². The van der Waals surface area contributed by atoms with Crippen LogP contribution in [0.5, 0.6) is 0 Å². The van der Waals surface area contributed by atoms with Crippen LogP contribution in [0.2, 0.25) is 0 Å². The summed E-state index contributed by atoms with van der Waals surface area (Å²) < 4.78 is 18.6. The van der Waals surface area contributed by atoms with Gasteiger partial charge in [0.15, 0.2) is 0 Å². The van der Waals surface area contributed by atoms with E-state index in [0.29, 0.717) is 25.2 Å². The molecule has 5 nitrogen and oxygen atoms in total. The monoisotopic (exact) mass is 336 g/mol. The number of carbonyl (C=O) groups is 2. The first kappa shape index (κ1) is 18.2. The summed E-state index contributed by atoms with van der Waals surface area (Å²) in [6, 6.07) is 4.31. The van der Waals surface area contributed by atoms with E-state index in [0.717, 1.165) is 12.0 Å². The van der Waals surface area contributed by atoms with Crippen LogP contribution in [-0.4, -0.2) is 35.6 Å². The van der Waals surface area contributed by atoms with Gasteiger partial charge in [0.05, 0.1) is 0 Å². The fourth-order valence-electron chi connectivity index (χ4n) is 2.68. The molecule has 0 radical (unpaired) electrons. The minimum absolute atomic E-state index is 0.0892. The zero-order valence-electron chi connectivity index (χ0n) is 14.7. The van der Waals surface area contributed by atoms with Gasteiger partial charge in [-0.3, -0.25) is 4.79 Å². The van der Waals surface area contributed by atoms with Gasteiger partial charge in [-0.2, -0.15) is 0 Å². The zero-order valence-corrected chi connectivity index (χ0v) is 14.7. The molecule has 1 aliphatic rings. The van der Waals surface area contributed by atoms with E-state index in [2.05, 4.69) is 5.32 Å². The Morgan fingerprint density at radius 3 is 2.75 bits per heavy atom. The lowest BCUT2D eigenvalue weighted by Crippen LogP contribution is -2.35. The van der Waals surface area contributed by atoms with Crippen LogP contribution in [0.15, 0.2) is 18.2 Å². The number of nitrogens with zero attached hydrogens (tertiary/aromatic N) is 1. The van der Waals surface area contributed by atoms with Gasteiger partial charge in [0.1, 0.15) is 11.4 Å². The van der Waals surface area contributed by atoms with Crippen molar-refractivity contribution in [1.82, 2.24) is 4.90 Å². The molecule has 132 valence electrons. The highest BCUT2D eigenvalue weighted by atomic mass is 19.1. The fourth-order valence-corrected chi connectivity index (χ4v) is 2.68. The normalized spacial score (nSPS) is 17.7. The van der Waals surface area contributed by atoms with Gasteiger partial charge >= 0.3 is 6.09 Å². The maximum Gasteiger partial charge on any atom is 0.410 e. The van der Waals surface area contributed by atoms with Crippen molar-refractivity contribution in [2.24, 2.45) is 5.92 Å². The average Bonchev–Trinajstić information content (AvgIpc) is 2.89. The van der Waals surface area contributed by atoms with E-state index in [4.69, 9.17) is 4.74 Å². The molecule has 1 atom stereocenters. The Bertz CT molecular complexity index is 625. The number of hydrogen-bond acceptors (Lipinski definition) is 3. The molecule has 0 spiro atoms. The molecule has 6 heteroatoms. The van der Waals surface area contributed by atoms with Crippen LogP contribution in [-0.2, 0) is 9.53 Å². The van der Waals surface area contributed by atoms with E-state index < -0.39 is 5.60 Å². The molecule has 24 heavy (non-hydrogen) atoms. The molecule has 1 saturated heterocycles. The van der Waals surface area contributed by atoms with Crippen LogP contribution in [0.1, 0.15) is 39.2 Å². The van der Waals surface area contributed by atoms with Gasteiger partial charge in [-0.25, -0.2) is 9.18 Å². The van der Waals surface area contributed by atoms with Crippen LogP contribution in [0.3, 0.4) is 0 Å². The Hall–Kier alpha value is -2.11. The standard InChI is InChI=1S/C18H25FN2O3/c1-12-5-6-14(19)10-15(12)20-16(22)9-13-7-8-21(11-13)17(23)24-18(2,3)4/h5-6,10,13H,7-9,11H2,1-4H3,(H,20,22)/t13-/m0/s1. The topological polar surface area (TPSA) is 58.6 Å². The van der Waals surface area contributed by atoms with E-state index in [1.165, 1.54) is 12.1 Å². The molecular weight excluding hydrogens is 311 g/mol. The average molecular weight is 336 g/mol. The Morgan fingerprint density at radius 2 is 2.08 bits per heavy atom. The number of anilines is 1. The highest BCUT2D eigenvalue weighted by Crippen LogP contribution is 2.23. The predicted octanol–water partition coefficient (Wildman–Crippen LogP) is 3.72. The SMILES string of the molecule is Cc1ccc(F)cc1NC(=O)C[C@@H]1CCN(C(=O)OC(C)(C)C)C1. The summed E-state index contributed by atoms with van der Waals surface area (Å²) in [6.07, 6.45) is 0.718. The maximum absolute atomic E-state index is 13.3. The van der Waals surface area contributed by atoms with E-state index in [-0.39, 0.29) is 23.7 Å². The first-order valence-corrected chi connectivity index (χ1v) is 8.18. The van der Waals surface area contributed by atoms with Gasteiger partial charge in [0.25, 0.3) is 0 Å². The molecule has 1 fully saturated rings. The Morgan fingerprint density at radius 1 is 1.38 bits per heavy atom. The largest absolute Gasteiger partial charge is 0.444 e. The Kier molecular flexibility index (Phi) is 5.47. The molecule has 2 rings (SSSR count). The summed E-state index contributed by atoms with van der Waals surface area (Å²) in [5.74, 6) is -0.459. The molecule has 0 aliphatic carbocycles. The molecule has 1 heterocycles. The summed E-state index contributed by atoms with van der Waals surface area (Å²) >= 11 is 0. The summed E-state index contributed by atoms with van der Waals surface area (Å²) in [5.41, 5.74) is 0.773. The number of rotatable bonds is 3. The fraction of sp³-hybridized carbons (Fsp3) is 0.556. The van der Waals surface area contributed by atoms with Crippen LogP contribution in [0, 0.1) is 18.7 Å². The maximum atomic E-state index is 13.3. The van der Waals surface area contributed by atoms with Gasteiger partial charge in [0.2, 0.25) is 5.91 Å². The number of likely N-dealkylation sites (tertiary alicyclic amines) is 1. The van der Waals surface area contributed by atoms with Crippen molar-refractivity contribution in [3.05, 3.63) is 29.6 Å². The minimum Gasteiger partial charge on any atom is -0.444 e. The molecular formula is C18H25FN2O3. The third-order valence-corrected chi connectivity index (χ3v) is 3.89. The van der Waals surface area contributed by atoms with Crippen molar-refractivity contribution < 1.29 is 18.7 Å². The smallest absolute Gasteiger partial charge is 0.410 e. The number of aryl methyl sites for hydroxylation is 1.